The predicted molar refractivity (Wildman–Crippen MR) is 249 cm³/mol. The van der Waals surface area contributed by atoms with Crippen LogP contribution in [-0.4, -0.2) is 31.6 Å². The van der Waals surface area contributed by atoms with Crippen LogP contribution in [0.4, 0.5) is 0 Å². The molecule has 1 aliphatic carbocycles. The quantitative estimate of drug-likeness (QED) is 0.0203. The van der Waals surface area contributed by atoms with Crippen LogP contribution in [0.1, 0.15) is 245 Å². The van der Waals surface area contributed by atoms with Crippen molar-refractivity contribution in [2.24, 2.45) is 5.41 Å². The van der Waals surface area contributed by atoms with Gasteiger partial charge >= 0.3 is 0 Å². The topological polar surface area (TPSA) is 12.5 Å². The third-order valence-electron chi connectivity index (χ3n) is 11.9. The van der Waals surface area contributed by atoms with Gasteiger partial charge in [-0.25, -0.2) is 0 Å². The van der Waals surface area contributed by atoms with Gasteiger partial charge in [0, 0.05) is 6.42 Å². The molecule has 1 fully saturated rings. The van der Waals surface area contributed by atoms with E-state index >= 15 is 0 Å². The Kier molecular flexibility index (Phi) is 39.2. The zero-order valence-electron chi connectivity index (χ0n) is 38.2. The van der Waals surface area contributed by atoms with E-state index in [0.29, 0.717) is 5.41 Å². The Labute approximate surface area is 346 Å². The average Bonchev–Trinajstić information content (AvgIpc) is 3.17. The lowest BCUT2D eigenvalue weighted by molar-refractivity contribution is 0.0881. The first-order valence-electron chi connectivity index (χ1n) is 24.3. The van der Waals surface area contributed by atoms with Crippen LogP contribution < -0.4 is 0 Å². The van der Waals surface area contributed by atoms with Crippen molar-refractivity contribution in [1.82, 2.24) is 4.90 Å². The van der Waals surface area contributed by atoms with E-state index in [4.69, 9.17) is 4.74 Å². The summed E-state index contributed by atoms with van der Waals surface area (Å²) >= 11 is 0. The first-order chi connectivity index (χ1) is 26.9. The summed E-state index contributed by atoms with van der Waals surface area (Å²) < 4.78 is 6.52. The molecular formula is C53H97NO. The van der Waals surface area contributed by atoms with Gasteiger partial charge in [-0.05, 0) is 109 Å². The minimum absolute atomic E-state index is 0.284. The molecule has 2 heteroatoms. The molecule has 0 spiro atoms. The third kappa shape index (κ3) is 34.1. The van der Waals surface area contributed by atoms with Gasteiger partial charge in [0.15, 0.2) is 0 Å². The first-order valence-corrected chi connectivity index (χ1v) is 24.3. The number of unbranched alkanes of at least 4 members (excludes halogenated alkanes) is 22. The van der Waals surface area contributed by atoms with E-state index in [9.17, 15) is 0 Å². The van der Waals surface area contributed by atoms with Crippen molar-refractivity contribution < 1.29 is 4.74 Å². The molecule has 0 heterocycles. The van der Waals surface area contributed by atoms with Crippen molar-refractivity contribution in [3.63, 3.8) is 0 Å². The maximum Gasteiger partial charge on any atom is 0.138 e. The van der Waals surface area contributed by atoms with Crippen molar-refractivity contribution in [3.05, 3.63) is 60.8 Å². The molecule has 1 unspecified atom stereocenters. The molecule has 0 amide bonds. The molecule has 320 valence electrons. The molecule has 1 atom stereocenters. The average molecular weight is 764 g/mol. The van der Waals surface area contributed by atoms with Gasteiger partial charge < -0.3 is 9.64 Å². The second-order valence-corrected chi connectivity index (χ2v) is 17.4. The molecule has 0 radical (unpaired) electrons. The molecule has 0 aliphatic heterocycles. The molecule has 0 aromatic heterocycles. The van der Waals surface area contributed by atoms with Crippen LogP contribution in [0.5, 0.6) is 0 Å². The molecule has 1 aliphatic rings. The second-order valence-electron chi connectivity index (χ2n) is 17.4. The van der Waals surface area contributed by atoms with Gasteiger partial charge in [0.1, 0.15) is 5.76 Å². The minimum atomic E-state index is 0.284. The van der Waals surface area contributed by atoms with Crippen LogP contribution in [0.25, 0.3) is 0 Å². The van der Waals surface area contributed by atoms with Crippen LogP contribution in [0.2, 0.25) is 0 Å². The highest BCUT2D eigenvalue weighted by molar-refractivity contribution is 5.13. The highest BCUT2D eigenvalue weighted by atomic mass is 16.5. The normalized spacial score (nSPS) is 13.8. The van der Waals surface area contributed by atoms with Crippen molar-refractivity contribution in [2.45, 2.75) is 252 Å². The maximum absolute atomic E-state index is 6.52. The summed E-state index contributed by atoms with van der Waals surface area (Å²) in [4.78, 5) is 2.23. The summed E-state index contributed by atoms with van der Waals surface area (Å²) in [6.45, 7) is 19.5. The van der Waals surface area contributed by atoms with Crippen molar-refractivity contribution in [3.8, 4) is 0 Å². The van der Waals surface area contributed by atoms with E-state index in [1.807, 2.05) is 6.08 Å². The van der Waals surface area contributed by atoms with Gasteiger partial charge in [-0.15, -0.1) is 5.73 Å². The van der Waals surface area contributed by atoms with Gasteiger partial charge in [-0.1, -0.05) is 206 Å². The van der Waals surface area contributed by atoms with Gasteiger partial charge in [0.25, 0.3) is 0 Å². The summed E-state index contributed by atoms with van der Waals surface area (Å²) in [7, 11) is 4.25. The van der Waals surface area contributed by atoms with Crippen LogP contribution in [-0.2, 0) is 4.74 Å². The minimum Gasteiger partial charge on any atom is -0.487 e. The highest BCUT2D eigenvalue weighted by Crippen LogP contribution is 2.46. The van der Waals surface area contributed by atoms with Crippen molar-refractivity contribution in [1.29, 1.82) is 0 Å². The molecule has 2 nitrogen and oxygen atoms in total. The zero-order valence-corrected chi connectivity index (χ0v) is 38.2. The Hall–Kier alpha value is -1.72. The van der Waals surface area contributed by atoms with E-state index in [0.717, 1.165) is 56.4 Å². The van der Waals surface area contributed by atoms with Crippen molar-refractivity contribution >= 4 is 0 Å². The van der Waals surface area contributed by atoms with E-state index in [1.54, 1.807) is 0 Å². The Morgan fingerprint density at radius 3 is 1.55 bits per heavy atom. The zero-order chi connectivity index (χ0) is 40.5. The summed E-state index contributed by atoms with van der Waals surface area (Å²) in [5.74, 6) is 0.959. The Morgan fingerprint density at radius 1 is 0.618 bits per heavy atom. The highest BCUT2D eigenvalue weighted by Gasteiger charge is 2.33. The van der Waals surface area contributed by atoms with Gasteiger partial charge in [-0.2, -0.15) is 0 Å². The standard InChI is InChI=1S/C41H71NO.C12H26/c1-7-11-12-13-14-15-16-17-18-19-25-33-41(35-28-36-41)34-26-21-24-31-40(30-23-20-22-29-38(8-2)9-3)43-39(10-4)32-27-37-42(5)6;1-3-5-7-9-11-12-10-8-6-4-2/h8,25,33,40H,2-4,7,11-24,26-32,34-37H2,1,5-6H3;3-12H2,1-2H3/b33-25-;. The lowest BCUT2D eigenvalue weighted by atomic mass is 9.65. The van der Waals surface area contributed by atoms with Crippen LogP contribution in [0.15, 0.2) is 60.8 Å². The number of hydrogen-bond acceptors (Lipinski definition) is 2. The fraction of sp³-hybridized carbons (Fsp3) is 0.811. The summed E-state index contributed by atoms with van der Waals surface area (Å²) in [6.07, 6.45) is 54.2. The summed E-state index contributed by atoms with van der Waals surface area (Å²) in [6, 6.07) is 0. The Balaban J connectivity index is 0.00000207. The predicted octanol–water partition coefficient (Wildman–Crippen LogP) is 17.8. The molecule has 0 aromatic rings. The fourth-order valence-electron chi connectivity index (χ4n) is 7.96. The van der Waals surface area contributed by atoms with Gasteiger partial charge in [-0.3, -0.25) is 0 Å². The lowest BCUT2D eigenvalue weighted by Crippen LogP contribution is -2.26. The molecule has 1 saturated carbocycles. The van der Waals surface area contributed by atoms with Crippen molar-refractivity contribution in [2.75, 3.05) is 20.6 Å². The van der Waals surface area contributed by atoms with Crippen LogP contribution in [0, 0.1) is 5.41 Å². The molecular weight excluding hydrogens is 667 g/mol. The molecule has 0 aromatic carbocycles. The van der Waals surface area contributed by atoms with E-state index in [1.165, 1.54) is 186 Å². The number of allylic oxidation sites excluding steroid dienone is 5. The second kappa shape index (κ2) is 40.5. The number of hydrogen-bond donors (Lipinski definition) is 0. The first kappa shape index (κ1) is 53.3. The fourth-order valence-corrected chi connectivity index (χ4v) is 7.96. The molecule has 0 N–H and O–H groups in total. The summed E-state index contributed by atoms with van der Waals surface area (Å²) in [5.41, 5.74) is 7.76. The Morgan fingerprint density at radius 2 is 1.11 bits per heavy atom. The van der Waals surface area contributed by atoms with Crippen LogP contribution in [0.3, 0.4) is 0 Å². The smallest absolute Gasteiger partial charge is 0.138 e. The molecule has 0 bridgehead atoms. The van der Waals surface area contributed by atoms with Gasteiger partial charge in [0.2, 0.25) is 0 Å². The lowest BCUT2D eigenvalue weighted by Gasteiger charge is -2.40. The largest absolute Gasteiger partial charge is 0.487 e. The van der Waals surface area contributed by atoms with E-state index in [-0.39, 0.29) is 6.10 Å². The maximum atomic E-state index is 6.52. The SMILES string of the molecule is C=C=C(C=C)CCCCCC(CCCCCC1(/C=C\CCCCCCCCCCC)CCC1)OC(=C=C)CCCN(C)C.CCCCCCCCCCCC. The number of rotatable bonds is 39. The molecule has 1 rings (SSSR count). The number of nitrogens with zero attached hydrogens (tertiary/aromatic N) is 1. The third-order valence-corrected chi connectivity index (χ3v) is 11.9. The van der Waals surface area contributed by atoms with E-state index < -0.39 is 0 Å². The molecule has 0 saturated heterocycles. The van der Waals surface area contributed by atoms with Crippen LogP contribution >= 0.6 is 0 Å². The number of ether oxygens (including phenoxy) is 1. The Bertz CT molecular complexity index is 962. The summed E-state index contributed by atoms with van der Waals surface area (Å²) in [5, 5.41) is 0. The monoisotopic (exact) mass is 764 g/mol. The van der Waals surface area contributed by atoms with E-state index in [2.05, 4.69) is 83.1 Å². The van der Waals surface area contributed by atoms with Gasteiger partial charge in [0.05, 0.1) is 6.10 Å². The molecule has 55 heavy (non-hydrogen) atoms.